The van der Waals surface area contributed by atoms with Gasteiger partial charge in [-0.25, -0.2) is 0 Å². The Bertz CT molecular complexity index is 369. The summed E-state index contributed by atoms with van der Waals surface area (Å²) in [5, 5.41) is 3.12. The van der Waals surface area contributed by atoms with Crippen molar-refractivity contribution in [3.63, 3.8) is 0 Å². The van der Waals surface area contributed by atoms with Crippen LogP contribution in [0.15, 0.2) is 24.3 Å². The van der Waals surface area contributed by atoms with E-state index in [0.717, 1.165) is 12.6 Å². The monoisotopic (exact) mass is 243 g/mol. The molecule has 1 aliphatic rings. The molecule has 1 aromatic carbocycles. The molecule has 2 rings (SSSR count). The van der Waals surface area contributed by atoms with Crippen molar-refractivity contribution in [2.75, 3.05) is 6.54 Å². The van der Waals surface area contributed by atoms with Crippen LogP contribution in [0.1, 0.15) is 30.4 Å². The van der Waals surface area contributed by atoms with Crippen LogP contribution < -0.4 is 5.32 Å². The summed E-state index contributed by atoms with van der Waals surface area (Å²) in [6, 6.07) is 5.75. The van der Waals surface area contributed by atoms with E-state index in [0.29, 0.717) is 18.0 Å². The Kier molecular flexibility index (Phi) is 3.72. The average Bonchev–Trinajstić information content (AvgIpc) is 2.21. The van der Waals surface area contributed by atoms with Crippen LogP contribution in [-0.4, -0.2) is 6.54 Å². The van der Waals surface area contributed by atoms with Gasteiger partial charge in [0.15, 0.2) is 0 Å². The molecule has 1 saturated carbocycles. The summed E-state index contributed by atoms with van der Waals surface area (Å²) >= 11 is 0. The van der Waals surface area contributed by atoms with Gasteiger partial charge in [-0.1, -0.05) is 24.6 Å². The summed E-state index contributed by atoms with van der Waals surface area (Å²) in [6.45, 7) is 1.12. The molecule has 0 bridgehead atoms. The van der Waals surface area contributed by atoms with Crippen LogP contribution in [0.3, 0.4) is 0 Å². The first kappa shape index (κ1) is 12.4. The van der Waals surface area contributed by atoms with Gasteiger partial charge in [0.2, 0.25) is 0 Å². The third-order valence-electron chi connectivity index (χ3n) is 3.30. The molecule has 1 aliphatic carbocycles. The molecule has 1 nitrogen and oxygen atoms in total. The third kappa shape index (κ3) is 3.22. The fraction of sp³-hybridized carbons (Fsp3) is 0.538. The van der Waals surface area contributed by atoms with E-state index >= 15 is 0 Å². The van der Waals surface area contributed by atoms with E-state index in [2.05, 4.69) is 5.32 Å². The highest BCUT2D eigenvalue weighted by Gasteiger charge is 2.32. The first-order valence-corrected chi connectivity index (χ1v) is 5.93. The van der Waals surface area contributed by atoms with Gasteiger partial charge in [0.1, 0.15) is 0 Å². The fourth-order valence-electron chi connectivity index (χ4n) is 2.06. The Hall–Kier alpha value is -1.03. The molecule has 0 aliphatic heterocycles. The van der Waals surface area contributed by atoms with Crippen molar-refractivity contribution in [3.8, 4) is 0 Å². The number of rotatable bonds is 4. The van der Waals surface area contributed by atoms with E-state index in [4.69, 9.17) is 0 Å². The van der Waals surface area contributed by atoms with E-state index in [9.17, 15) is 13.2 Å². The van der Waals surface area contributed by atoms with Crippen LogP contribution in [0.25, 0.3) is 0 Å². The normalized spacial score (nSPS) is 16.9. The highest BCUT2D eigenvalue weighted by molar-refractivity contribution is 5.29. The predicted molar refractivity (Wildman–Crippen MR) is 60.5 cm³/mol. The number of alkyl halides is 3. The van der Waals surface area contributed by atoms with E-state index in [1.54, 1.807) is 6.07 Å². The molecule has 0 heterocycles. The quantitative estimate of drug-likeness (QED) is 0.852. The maximum absolute atomic E-state index is 12.7. The molecule has 4 heteroatoms. The number of benzene rings is 1. The molecule has 0 atom stereocenters. The smallest absolute Gasteiger partial charge is 0.312 e. The summed E-state index contributed by atoms with van der Waals surface area (Å²) in [6.07, 6.45) is -0.595. The van der Waals surface area contributed by atoms with Crippen molar-refractivity contribution in [1.29, 1.82) is 0 Å². The number of hydrogen-bond acceptors (Lipinski definition) is 1. The van der Waals surface area contributed by atoms with Crippen molar-refractivity contribution in [2.45, 2.75) is 32.0 Å². The van der Waals surface area contributed by atoms with Crippen LogP contribution in [0.2, 0.25) is 0 Å². The molecule has 0 radical (unpaired) electrons. The second kappa shape index (κ2) is 5.08. The minimum Gasteiger partial charge on any atom is -0.312 e. The standard InChI is InChI=1S/C13H16F3N/c14-13(15,16)12-7-2-1-6-11(12)9-17-8-10-4-3-5-10/h1-2,6-7,10,17H,3-5,8-9H2. The molecule has 0 aromatic heterocycles. The second-order valence-corrected chi connectivity index (χ2v) is 4.58. The minimum absolute atomic E-state index is 0.298. The minimum atomic E-state index is -4.26. The third-order valence-corrected chi connectivity index (χ3v) is 3.30. The van der Waals surface area contributed by atoms with E-state index < -0.39 is 11.7 Å². The Morgan fingerprint density at radius 1 is 1.18 bits per heavy atom. The topological polar surface area (TPSA) is 12.0 Å². The summed E-state index contributed by atoms with van der Waals surface area (Å²) in [7, 11) is 0. The second-order valence-electron chi connectivity index (χ2n) is 4.58. The summed E-state index contributed by atoms with van der Waals surface area (Å²) in [4.78, 5) is 0. The van der Waals surface area contributed by atoms with Gasteiger partial charge in [-0.3, -0.25) is 0 Å². The molecule has 1 fully saturated rings. The lowest BCUT2D eigenvalue weighted by Gasteiger charge is -2.25. The number of hydrogen-bond donors (Lipinski definition) is 1. The Balaban J connectivity index is 1.94. The molecule has 0 spiro atoms. The lowest BCUT2D eigenvalue weighted by molar-refractivity contribution is -0.138. The zero-order valence-electron chi connectivity index (χ0n) is 9.56. The van der Waals surface area contributed by atoms with E-state index in [1.165, 1.54) is 31.4 Å². The van der Waals surface area contributed by atoms with Crippen molar-refractivity contribution < 1.29 is 13.2 Å². The van der Waals surface area contributed by atoms with Crippen molar-refractivity contribution in [3.05, 3.63) is 35.4 Å². The van der Waals surface area contributed by atoms with Gasteiger partial charge in [0.05, 0.1) is 5.56 Å². The van der Waals surface area contributed by atoms with Gasteiger partial charge >= 0.3 is 6.18 Å². The summed E-state index contributed by atoms with van der Waals surface area (Å²) < 4.78 is 38.1. The van der Waals surface area contributed by atoms with Gasteiger partial charge in [0, 0.05) is 6.54 Å². The fourth-order valence-corrected chi connectivity index (χ4v) is 2.06. The van der Waals surface area contributed by atoms with Gasteiger partial charge < -0.3 is 5.32 Å². The lowest BCUT2D eigenvalue weighted by Crippen LogP contribution is -2.27. The molecule has 1 N–H and O–H groups in total. The maximum atomic E-state index is 12.7. The molecule has 0 amide bonds. The maximum Gasteiger partial charge on any atom is 0.416 e. The van der Waals surface area contributed by atoms with E-state index in [1.807, 2.05) is 0 Å². The van der Waals surface area contributed by atoms with Crippen LogP contribution in [0, 0.1) is 5.92 Å². The van der Waals surface area contributed by atoms with Gasteiger partial charge in [-0.05, 0) is 36.9 Å². The number of halogens is 3. The van der Waals surface area contributed by atoms with Gasteiger partial charge in [-0.2, -0.15) is 13.2 Å². The largest absolute Gasteiger partial charge is 0.416 e. The van der Waals surface area contributed by atoms with E-state index in [-0.39, 0.29) is 0 Å². The predicted octanol–water partition coefficient (Wildman–Crippen LogP) is 3.60. The first-order valence-electron chi connectivity index (χ1n) is 5.93. The summed E-state index contributed by atoms with van der Waals surface area (Å²) in [5.74, 6) is 0.660. The zero-order chi connectivity index (χ0) is 12.3. The van der Waals surface area contributed by atoms with Crippen LogP contribution in [0.4, 0.5) is 13.2 Å². The number of nitrogens with one attached hydrogen (secondary N) is 1. The van der Waals surface area contributed by atoms with Crippen LogP contribution in [0.5, 0.6) is 0 Å². The first-order chi connectivity index (χ1) is 8.07. The van der Waals surface area contributed by atoms with Crippen LogP contribution >= 0.6 is 0 Å². The zero-order valence-corrected chi connectivity index (χ0v) is 9.56. The average molecular weight is 243 g/mol. The molecular formula is C13H16F3N. The highest BCUT2D eigenvalue weighted by atomic mass is 19.4. The highest BCUT2D eigenvalue weighted by Crippen LogP contribution is 2.32. The SMILES string of the molecule is FC(F)(F)c1ccccc1CNCC1CCC1. The van der Waals surface area contributed by atoms with Crippen molar-refractivity contribution >= 4 is 0 Å². The molecule has 94 valence electrons. The van der Waals surface area contributed by atoms with Crippen molar-refractivity contribution in [1.82, 2.24) is 5.32 Å². The Morgan fingerprint density at radius 3 is 2.47 bits per heavy atom. The van der Waals surface area contributed by atoms with Gasteiger partial charge in [-0.15, -0.1) is 0 Å². The van der Waals surface area contributed by atoms with Crippen molar-refractivity contribution in [2.24, 2.45) is 5.92 Å². The molecule has 1 aromatic rings. The molecular weight excluding hydrogens is 227 g/mol. The Morgan fingerprint density at radius 2 is 1.88 bits per heavy atom. The lowest BCUT2D eigenvalue weighted by atomic mass is 9.85. The Labute approximate surface area is 99.0 Å². The molecule has 17 heavy (non-hydrogen) atoms. The molecule has 0 unspecified atom stereocenters. The molecule has 0 saturated heterocycles. The van der Waals surface area contributed by atoms with Crippen LogP contribution in [-0.2, 0) is 12.7 Å². The van der Waals surface area contributed by atoms with Gasteiger partial charge in [0.25, 0.3) is 0 Å². The summed E-state index contributed by atoms with van der Waals surface area (Å²) in [5.41, 5.74) is -0.194.